The fraction of sp³-hybridized carbons (Fsp3) is 1.00. The van der Waals surface area contributed by atoms with Crippen molar-refractivity contribution in [3.05, 3.63) is 4.13 Å². The Balaban J connectivity index is 0. The number of methoxy groups -OCH3 is 1. The van der Waals surface area contributed by atoms with Crippen LogP contribution in [-0.4, -0.2) is 55.2 Å². The van der Waals surface area contributed by atoms with Crippen LogP contribution < -0.4 is 5.32 Å². The van der Waals surface area contributed by atoms with Gasteiger partial charge in [-0.3, -0.25) is 0 Å². The van der Waals surface area contributed by atoms with Crippen molar-refractivity contribution in [1.82, 2.24) is 0 Å². The van der Waals surface area contributed by atoms with E-state index in [0.717, 1.165) is 17.3 Å². The summed E-state index contributed by atoms with van der Waals surface area (Å²) in [4.78, 5) is 0. The quantitative estimate of drug-likeness (QED) is 0.536. The molecule has 15 heteroatoms. The third-order valence-electron chi connectivity index (χ3n) is 1.39. The molecule has 130 valence electrons. The van der Waals surface area contributed by atoms with E-state index in [1.54, 1.807) is 7.11 Å². The number of alkyl halides is 6. The Kier molecular flexibility index (Phi) is 8.75. The van der Waals surface area contributed by atoms with Crippen LogP contribution >= 0.6 is 0 Å². The summed E-state index contributed by atoms with van der Waals surface area (Å²) < 4.78 is 114. The molecule has 0 saturated heterocycles. The first-order chi connectivity index (χ1) is 9.12. The molecule has 0 amide bonds. The lowest BCUT2D eigenvalue weighted by Gasteiger charge is -2.22. The van der Waals surface area contributed by atoms with Crippen LogP contribution in [0.25, 0.3) is 4.13 Å². The Bertz CT molecular complexity index is 451. The van der Waals surface area contributed by atoms with Gasteiger partial charge in [-0.1, -0.05) is 0 Å². The summed E-state index contributed by atoms with van der Waals surface area (Å²) in [5.41, 5.74) is -12.4. The highest BCUT2D eigenvalue weighted by Crippen LogP contribution is 2.36. The maximum Gasteiger partial charge on any atom is 0.480 e. The van der Waals surface area contributed by atoms with Gasteiger partial charge in [0.2, 0.25) is 0 Å². The van der Waals surface area contributed by atoms with Crippen LogP contribution in [0.1, 0.15) is 0 Å². The molecule has 0 aromatic heterocycles. The van der Waals surface area contributed by atoms with Crippen molar-refractivity contribution in [1.29, 1.82) is 0 Å². The summed E-state index contributed by atoms with van der Waals surface area (Å²) in [6.07, 6.45) is 0. The Morgan fingerprint density at radius 2 is 1.29 bits per heavy atom. The van der Waals surface area contributed by atoms with Gasteiger partial charge >= 0.3 is 11.0 Å². The number of halogens is 6. The molecule has 0 saturated carbocycles. The van der Waals surface area contributed by atoms with Crippen LogP contribution in [0.2, 0.25) is 0 Å². The van der Waals surface area contributed by atoms with Gasteiger partial charge in [0.25, 0.3) is 0 Å². The zero-order valence-corrected chi connectivity index (χ0v) is 12.2. The topological polar surface area (TPSA) is 108 Å². The minimum absolute atomic E-state index is 0.778. The molecule has 0 atom stereocenters. The van der Waals surface area contributed by atoms with Gasteiger partial charge in [-0.2, -0.15) is 26.3 Å². The molecule has 0 spiro atoms. The number of nitrogens with two attached hydrogens (primary N) is 1. The van der Waals surface area contributed by atoms with E-state index in [1.807, 2.05) is 7.05 Å². The first-order valence-corrected chi connectivity index (χ1v) is 7.64. The van der Waals surface area contributed by atoms with Crippen LogP contribution in [0.15, 0.2) is 0 Å². The Morgan fingerprint density at radius 3 is 1.43 bits per heavy atom. The second-order valence-corrected chi connectivity index (χ2v) is 6.53. The molecule has 0 aliphatic carbocycles. The van der Waals surface area contributed by atoms with Crippen molar-refractivity contribution in [2.24, 2.45) is 0 Å². The normalized spacial score (nSPS) is 13.5. The van der Waals surface area contributed by atoms with Crippen molar-refractivity contribution in [3.63, 3.8) is 0 Å². The SMILES string of the molecule is C[NH2+]CCOC.O=S(=O)([N-]S(=O)(=O)C(F)(F)F)C(F)(F)F. The maximum atomic E-state index is 11.4. The third kappa shape index (κ3) is 8.40. The van der Waals surface area contributed by atoms with E-state index in [-0.39, 0.29) is 0 Å². The van der Waals surface area contributed by atoms with Crippen LogP contribution in [0.5, 0.6) is 0 Å². The lowest BCUT2D eigenvalue weighted by molar-refractivity contribution is -0.628. The average molecular weight is 370 g/mol. The molecule has 0 aromatic carbocycles. The minimum Gasteiger partial charge on any atom is -0.421 e. The summed E-state index contributed by atoms with van der Waals surface area (Å²) in [6.45, 7) is 1.92. The summed E-state index contributed by atoms with van der Waals surface area (Å²) in [6, 6.07) is 0. The first-order valence-electron chi connectivity index (χ1n) is 4.76. The predicted octanol–water partition coefficient (Wildman–Crippen LogP) is -0.115. The van der Waals surface area contributed by atoms with Crippen molar-refractivity contribution >= 4 is 20.0 Å². The zero-order valence-electron chi connectivity index (χ0n) is 10.6. The molecule has 0 radical (unpaired) electrons. The number of hydrogen-bond acceptors (Lipinski definition) is 5. The van der Waals surface area contributed by atoms with Crippen molar-refractivity contribution in [2.75, 3.05) is 27.3 Å². The molecule has 21 heavy (non-hydrogen) atoms. The molecule has 0 fully saturated rings. The van der Waals surface area contributed by atoms with Gasteiger partial charge in [0.05, 0.1) is 20.2 Å². The largest absolute Gasteiger partial charge is 0.480 e. The maximum absolute atomic E-state index is 11.4. The van der Waals surface area contributed by atoms with E-state index in [1.165, 1.54) is 0 Å². The first kappa shape index (κ1) is 22.6. The van der Waals surface area contributed by atoms with Gasteiger partial charge in [-0.25, -0.2) is 16.8 Å². The fourth-order valence-electron chi connectivity index (χ4n) is 0.449. The summed E-state index contributed by atoms with van der Waals surface area (Å²) in [5.74, 6) is 0. The van der Waals surface area contributed by atoms with Gasteiger partial charge in [-0.05, 0) is 0 Å². The highest BCUT2D eigenvalue weighted by atomic mass is 32.3. The number of likely N-dealkylation sites (N-methyl/N-ethyl adjacent to an activating group) is 1. The van der Waals surface area contributed by atoms with E-state index < -0.39 is 31.1 Å². The standard InChI is InChI=1S/C4H11NO.C2F6NO4S2/c1-5-3-4-6-2;3-1(4,5)14(10,11)9-15(12,13)2(6,7)8/h5H,3-4H2,1-2H3;/q;-1/p+1. The molecular formula is C6H12F6N2O5S2. The number of sulfonamides is 2. The van der Waals surface area contributed by atoms with E-state index in [9.17, 15) is 43.2 Å². The van der Waals surface area contributed by atoms with Gasteiger partial charge in [0, 0.05) is 7.11 Å². The van der Waals surface area contributed by atoms with Gasteiger partial charge in [-0.15, -0.1) is 0 Å². The monoisotopic (exact) mass is 370 g/mol. The third-order valence-corrected chi connectivity index (χ3v) is 4.13. The number of ether oxygens (including phenoxy) is 1. The lowest BCUT2D eigenvalue weighted by atomic mass is 10.7. The number of quaternary nitrogens is 1. The van der Waals surface area contributed by atoms with E-state index >= 15 is 0 Å². The highest BCUT2D eigenvalue weighted by molar-refractivity contribution is 8.13. The Labute approximate surface area is 116 Å². The summed E-state index contributed by atoms with van der Waals surface area (Å²) >= 11 is 0. The minimum atomic E-state index is -6.72. The number of nitrogens with zero attached hydrogens (tertiary/aromatic N) is 1. The summed E-state index contributed by atoms with van der Waals surface area (Å²) in [5, 5.41) is 2.09. The Morgan fingerprint density at radius 1 is 0.952 bits per heavy atom. The summed E-state index contributed by atoms with van der Waals surface area (Å²) in [7, 11) is -9.70. The molecule has 0 aliphatic heterocycles. The molecule has 0 bridgehead atoms. The van der Waals surface area contributed by atoms with Crippen molar-refractivity contribution in [3.8, 4) is 0 Å². The van der Waals surface area contributed by atoms with E-state index in [4.69, 9.17) is 4.74 Å². The predicted molar refractivity (Wildman–Crippen MR) is 57.9 cm³/mol. The molecule has 0 aromatic rings. The van der Waals surface area contributed by atoms with Crippen LogP contribution in [0, 0.1) is 0 Å². The molecule has 0 rings (SSSR count). The van der Waals surface area contributed by atoms with Gasteiger partial charge in [0.1, 0.15) is 0 Å². The average Bonchev–Trinajstić information content (AvgIpc) is 2.22. The molecule has 0 unspecified atom stereocenters. The number of rotatable bonds is 5. The van der Waals surface area contributed by atoms with E-state index in [0.29, 0.717) is 0 Å². The molecule has 0 aliphatic rings. The molecule has 0 heterocycles. The Hall–Kier alpha value is -0.640. The second-order valence-electron chi connectivity index (χ2n) is 3.11. The van der Waals surface area contributed by atoms with Crippen LogP contribution in [0.3, 0.4) is 0 Å². The second kappa shape index (κ2) is 8.11. The van der Waals surface area contributed by atoms with Crippen molar-refractivity contribution in [2.45, 2.75) is 11.0 Å². The van der Waals surface area contributed by atoms with Gasteiger partial charge in [0.15, 0.2) is 20.0 Å². The molecular weight excluding hydrogens is 358 g/mol. The number of hydrogen-bond donors (Lipinski definition) is 1. The van der Waals surface area contributed by atoms with Crippen molar-refractivity contribution < 1.29 is 53.2 Å². The fourth-order valence-corrected chi connectivity index (χ4v) is 2.16. The van der Waals surface area contributed by atoms with Crippen LogP contribution in [0.4, 0.5) is 26.3 Å². The smallest absolute Gasteiger partial charge is 0.421 e. The molecule has 7 nitrogen and oxygen atoms in total. The van der Waals surface area contributed by atoms with E-state index in [2.05, 4.69) is 5.32 Å². The lowest BCUT2D eigenvalue weighted by Crippen LogP contribution is -2.80. The van der Waals surface area contributed by atoms with Crippen LogP contribution in [-0.2, 0) is 24.8 Å². The molecule has 2 N–H and O–H groups in total. The van der Waals surface area contributed by atoms with Gasteiger partial charge < -0.3 is 14.2 Å². The zero-order chi connectivity index (χ0) is 17.5. The highest BCUT2D eigenvalue weighted by Gasteiger charge is 2.46.